The van der Waals surface area contributed by atoms with Crippen molar-refractivity contribution in [1.82, 2.24) is 0 Å². The van der Waals surface area contributed by atoms with Gasteiger partial charge in [-0.1, -0.05) is 0 Å². The highest BCUT2D eigenvalue weighted by molar-refractivity contribution is 7.72. The summed E-state index contributed by atoms with van der Waals surface area (Å²) in [5, 5.41) is 6.09. The molecule has 0 aliphatic heterocycles. The van der Waals surface area contributed by atoms with Gasteiger partial charge in [0.25, 0.3) is 5.08 Å². The van der Waals surface area contributed by atoms with Crippen molar-refractivity contribution in [3.05, 3.63) is 0 Å². The maximum Gasteiger partial charge on any atom is 0.369 e. The third-order valence-electron chi connectivity index (χ3n) is 2.02. The van der Waals surface area contributed by atoms with E-state index in [1.165, 1.54) is 0 Å². The Morgan fingerprint density at radius 3 is 1.81 bits per heavy atom. The second-order valence-electron chi connectivity index (χ2n) is 3.27. The molecule has 0 heterocycles. The number of terminal acetylenes is 1. The summed E-state index contributed by atoms with van der Waals surface area (Å²) >= 11 is 0. The molecule has 0 fully saturated rings. The van der Waals surface area contributed by atoms with Crippen molar-refractivity contribution in [2.45, 2.75) is 30.8 Å². The normalized spacial score (nSPS) is 13.5. The van der Waals surface area contributed by atoms with Gasteiger partial charge in [0.15, 0.2) is 0 Å². The predicted octanol–water partition coefficient (Wildman–Crippen LogP) is 0.181. The molecule has 0 aliphatic rings. The third-order valence-corrected chi connectivity index (χ3v) is 5.89. The molecule has 0 atom stereocenters. The molecule has 0 unspecified atom stereocenters. The summed E-state index contributed by atoms with van der Waals surface area (Å²) in [6, 6.07) is 0. The summed E-state index contributed by atoms with van der Waals surface area (Å²) in [7, 11) is -10.6. The van der Waals surface area contributed by atoms with Crippen LogP contribution in [0.15, 0.2) is 0 Å². The lowest BCUT2D eigenvalue weighted by Crippen LogP contribution is -2.28. The Kier molecular flexibility index (Phi) is 5.37. The lowest BCUT2D eigenvalue weighted by Gasteiger charge is -2.29. The molecule has 0 aromatic heterocycles. The van der Waals surface area contributed by atoms with E-state index in [0.29, 0.717) is 12.8 Å². The van der Waals surface area contributed by atoms with E-state index in [4.69, 9.17) is 26.0 Å². The van der Waals surface area contributed by atoms with E-state index >= 15 is 0 Å². The fraction of sp³-hybridized carbons (Fsp3) is 0.714. The van der Waals surface area contributed by atoms with Crippen molar-refractivity contribution in [2.24, 2.45) is 0 Å². The quantitative estimate of drug-likeness (QED) is 0.264. The van der Waals surface area contributed by atoms with Crippen molar-refractivity contribution in [3.8, 4) is 12.3 Å². The van der Waals surface area contributed by atoms with Gasteiger partial charge in [0.2, 0.25) is 0 Å². The first-order chi connectivity index (χ1) is 7.06. The zero-order valence-corrected chi connectivity index (χ0v) is 10.1. The van der Waals surface area contributed by atoms with Crippen LogP contribution in [0.2, 0.25) is 0 Å². The molecule has 0 saturated carbocycles. The fourth-order valence-corrected chi connectivity index (χ4v) is 3.31. The summed E-state index contributed by atoms with van der Waals surface area (Å²) in [4.78, 5) is 35.0. The van der Waals surface area contributed by atoms with E-state index in [1.54, 1.807) is 0 Å². The van der Waals surface area contributed by atoms with Gasteiger partial charge in [-0.15, -0.1) is 12.3 Å². The Morgan fingerprint density at radius 2 is 1.50 bits per heavy atom. The van der Waals surface area contributed by atoms with Gasteiger partial charge in [0.1, 0.15) is 0 Å². The molecule has 9 heteroatoms. The van der Waals surface area contributed by atoms with Crippen molar-refractivity contribution in [1.29, 1.82) is 0 Å². The Bertz CT molecular complexity index is 337. The molecule has 16 heavy (non-hydrogen) atoms. The molecule has 0 aromatic carbocycles. The highest BCUT2D eigenvalue weighted by Gasteiger charge is 2.58. The second kappa shape index (κ2) is 5.44. The van der Waals surface area contributed by atoms with E-state index < -0.39 is 26.7 Å². The van der Waals surface area contributed by atoms with Crippen LogP contribution in [0, 0.1) is 12.3 Å². The van der Waals surface area contributed by atoms with Gasteiger partial charge in [0, 0.05) is 6.42 Å². The van der Waals surface area contributed by atoms with Crippen molar-refractivity contribution in [3.63, 3.8) is 0 Å². The Balaban J connectivity index is 4.81. The molecule has 0 aromatic rings. The van der Waals surface area contributed by atoms with Gasteiger partial charge in [0.05, 0.1) is 0 Å². The second-order valence-corrected chi connectivity index (χ2v) is 7.28. The molecule has 94 valence electrons. The average Bonchev–Trinajstić information content (AvgIpc) is 2.08. The number of rotatable bonds is 6. The van der Waals surface area contributed by atoms with Crippen molar-refractivity contribution >= 4 is 15.2 Å². The highest BCUT2D eigenvalue weighted by atomic mass is 31.2. The fourth-order valence-electron chi connectivity index (χ4n) is 1.05. The van der Waals surface area contributed by atoms with Gasteiger partial charge >= 0.3 is 15.2 Å². The van der Waals surface area contributed by atoms with Crippen LogP contribution < -0.4 is 0 Å². The molecule has 0 rings (SSSR count). The first-order valence-corrected chi connectivity index (χ1v) is 7.56. The van der Waals surface area contributed by atoms with Crippen LogP contribution >= 0.6 is 15.2 Å². The molecule has 5 N–H and O–H groups in total. The SMILES string of the molecule is C#CCCCCC(O)(P(=O)(O)O)P(=O)(O)O. The average molecular weight is 272 g/mol. The smallest absolute Gasteiger partial charge is 0.368 e. The minimum Gasteiger partial charge on any atom is -0.368 e. The lowest BCUT2D eigenvalue weighted by molar-refractivity contribution is 0.120. The Labute approximate surface area is 92.8 Å². The first-order valence-electron chi connectivity index (χ1n) is 4.33. The van der Waals surface area contributed by atoms with Gasteiger partial charge < -0.3 is 24.7 Å². The van der Waals surface area contributed by atoms with Crippen LogP contribution in [-0.2, 0) is 9.13 Å². The topological polar surface area (TPSA) is 135 Å². The summed E-state index contributed by atoms with van der Waals surface area (Å²) in [6.45, 7) is 0. The standard InChI is InChI=1S/C7H14O7P2/c1-2-3-4-5-6-7(8,15(9,10)11)16(12,13)14/h1,8H,3-6H2,(H2,9,10,11)(H2,12,13,14). The monoisotopic (exact) mass is 272 g/mol. The zero-order chi connectivity index (χ0) is 13.0. The van der Waals surface area contributed by atoms with E-state index in [1.807, 2.05) is 0 Å². The molecule has 0 spiro atoms. The molecule has 7 nitrogen and oxygen atoms in total. The number of aliphatic hydroxyl groups is 1. The van der Waals surface area contributed by atoms with E-state index in [-0.39, 0.29) is 6.42 Å². The minimum atomic E-state index is -5.32. The largest absolute Gasteiger partial charge is 0.369 e. The van der Waals surface area contributed by atoms with E-state index in [0.717, 1.165) is 0 Å². The molecule has 0 bridgehead atoms. The Morgan fingerprint density at radius 1 is 1.06 bits per heavy atom. The van der Waals surface area contributed by atoms with Crippen LogP contribution in [0.5, 0.6) is 0 Å². The third kappa shape index (κ3) is 3.69. The van der Waals surface area contributed by atoms with Crippen molar-refractivity contribution < 1.29 is 33.8 Å². The summed E-state index contributed by atoms with van der Waals surface area (Å²) in [5.74, 6) is 2.26. The number of hydrogen-bond donors (Lipinski definition) is 5. The zero-order valence-electron chi connectivity index (χ0n) is 8.35. The summed E-state index contributed by atoms with van der Waals surface area (Å²) in [5.41, 5.74) is 0. The van der Waals surface area contributed by atoms with Gasteiger partial charge in [-0.2, -0.15) is 0 Å². The molecular weight excluding hydrogens is 258 g/mol. The molecule has 0 saturated heterocycles. The number of hydrogen-bond acceptors (Lipinski definition) is 3. The predicted molar refractivity (Wildman–Crippen MR) is 56.3 cm³/mol. The van der Waals surface area contributed by atoms with E-state index in [2.05, 4.69) is 5.92 Å². The van der Waals surface area contributed by atoms with Crippen LogP contribution in [0.25, 0.3) is 0 Å². The Hall–Kier alpha value is -0.180. The minimum absolute atomic E-state index is 0.0108. The van der Waals surface area contributed by atoms with Crippen LogP contribution in [0.4, 0.5) is 0 Å². The maximum atomic E-state index is 10.9. The molecular formula is C7H14O7P2. The first kappa shape index (κ1) is 15.8. The van der Waals surface area contributed by atoms with Gasteiger partial charge in [-0.25, -0.2) is 0 Å². The maximum absolute atomic E-state index is 10.9. The summed E-state index contributed by atoms with van der Waals surface area (Å²) in [6.07, 6.45) is 4.86. The molecule has 0 radical (unpaired) electrons. The number of unbranched alkanes of at least 4 members (excludes halogenated alkanes) is 2. The van der Waals surface area contributed by atoms with Gasteiger partial charge in [-0.3, -0.25) is 9.13 Å². The van der Waals surface area contributed by atoms with Gasteiger partial charge in [-0.05, 0) is 19.3 Å². The molecule has 0 aliphatic carbocycles. The molecule has 0 amide bonds. The lowest BCUT2D eigenvalue weighted by atomic mass is 10.2. The van der Waals surface area contributed by atoms with E-state index in [9.17, 15) is 14.2 Å². The van der Waals surface area contributed by atoms with Crippen molar-refractivity contribution in [2.75, 3.05) is 0 Å². The van der Waals surface area contributed by atoms with Crippen LogP contribution in [0.1, 0.15) is 25.7 Å². The van der Waals surface area contributed by atoms with Crippen LogP contribution in [-0.4, -0.2) is 29.8 Å². The highest BCUT2D eigenvalue weighted by Crippen LogP contribution is 2.69. The summed E-state index contributed by atoms with van der Waals surface area (Å²) < 4.78 is 21.8. The van der Waals surface area contributed by atoms with Crippen LogP contribution in [0.3, 0.4) is 0 Å².